The van der Waals surface area contributed by atoms with Gasteiger partial charge >= 0.3 is 6.18 Å². The zero-order valence-electron chi connectivity index (χ0n) is 15.6. The summed E-state index contributed by atoms with van der Waals surface area (Å²) in [6.07, 6.45) is -1.90. The quantitative estimate of drug-likeness (QED) is 0.354. The molecule has 3 heterocycles. The minimum Gasteiger partial charge on any atom is -0.357 e. The number of halogens is 4. The van der Waals surface area contributed by atoms with Crippen LogP contribution in [0.1, 0.15) is 42.6 Å². The summed E-state index contributed by atoms with van der Waals surface area (Å²) in [6.45, 7) is 5.39. The van der Waals surface area contributed by atoms with E-state index < -0.39 is 11.9 Å². The van der Waals surface area contributed by atoms with Crippen LogP contribution in [-0.2, 0) is 32.1 Å². The number of guanidine groups is 1. The van der Waals surface area contributed by atoms with Gasteiger partial charge in [0.1, 0.15) is 10.8 Å². The van der Waals surface area contributed by atoms with Gasteiger partial charge < -0.3 is 10.6 Å². The Bertz CT molecular complexity index is 803. The van der Waals surface area contributed by atoms with E-state index in [1.807, 2.05) is 18.5 Å². The van der Waals surface area contributed by atoms with Crippen LogP contribution in [0, 0.1) is 0 Å². The highest BCUT2D eigenvalue weighted by Crippen LogP contribution is 2.30. The first-order chi connectivity index (χ1) is 12.9. The maximum Gasteiger partial charge on any atom is 0.434 e. The zero-order valence-corrected chi connectivity index (χ0v) is 18.7. The Morgan fingerprint density at radius 2 is 2.14 bits per heavy atom. The lowest BCUT2D eigenvalue weighted by molar-refractivity contribution is -0.140. The molecule has 1 atom stereocenters. The summed E-state index contributed by atoms with van der Waals surface area (Å²) in [5.74, 6) is 2.40. The molecule has 12 heteroatoms. The highest BCUT2D eigenvalue weighted by Gasteiger charge is 2.33. The topological polar surface area (TPSA) is 80.0 Å². The van der Waals surface area contributed by atoms with Crippen molar-refractivity contribution in [2.45, 2.75) is 58.4 Å². The van der Waals surface area contributed by atoms with E-state index in [1.165, 1.54) is 0 Å². The molecule has 0 aromatic carbocycles. The van der Waals surface area contributed by atoms with Gasteiger partial charge in [0.25, 0.3) is 0 Å². The molecule has 0 fully saturated rings. The minimum absolute atomic E-state index is 0. The van der Waals surface area contributed by atoms with E-state index in [2.05, 4.69) is 30.7 Å². The number of rotatable bonds is 5. The summed E-state index contributed by atoms with van der Waals surface area (Å²) in [6, 6.07) is 0.128. The van der Waals surface area contributed by atoms with Crippen LogP contribution >= 0.6 is 35.3 Å². The van der Waals surface area contributed by atoms with Gasteiger partial charge in [-0.15, -0.1) is 35.3 Å². The average Bonchev–Trinajstić information content (AvgIpc) is 3.25. The summed E-state index contributed by atoms with van der Waals surface area (Å²) in [7, 11) is 0. The molecule has 7 nitrogen and oxygen atoms in total. The van der Waals surface area contributed by atoms with E-state index in [9.17, 15) is 13.2 Å². The summed E-state index contributed by atoms with van der Waals surface area (Å²) in [4.78, 5) is 12.5. The van der Waals surface area contributed by atoms with E-state index in [0.717, 1.165) is 47.6 Å². The number of hydrogen-bond acceptors (Lipinski definition) is 5. The van der Waals surface area contributed by atoms with E-state index in [0.29, 0.717) is 24.1 Å². The molecule has 1 aliphatic rings. The van der Waals surface area contributed by atoms with Crippen molar-refractivity contribution < 1.29 is 13.2 Å². The standard InChI is InChI=1S/C16H22F3N7S.HI/c1-3-12-24-13-6-5-10(8-26(13)25-12)22-15(20-4-2)21-7-14-23-11(9-27-14)16(17,18)19;/h9-10H,3-8H2,1-2H3,(H2,20,21,22);1H. The van der Waals surface area contributed by atoms with E-state index >= 15 is 0 Å². The molecule has 0 aliphatic carbocycles. The third kappa shape index (κ3) is 5.78. The van der Waals surface area contributed by atoms with Crippen LogP contribution in [0.3, 0.4) is 0 Å². The van der Waals surface area contributed by atoms with Crippen molar-refractivity contribution in [2.24, 2.45) is 4.99 Å². The molecule has 2 aromatic heterocycles. The number of alkyl halides is 3. The van der Waals surface area contributed by atoms with Crippen molar-refractivity contribution in [1.82, 2.24) is 30.4 Å². The van der Waals surface area contributed by atoms with Gasteiger partial charge in [0.2, 0.25) is 0 Å². The highest BCUT2D eigenvalue weighted by atomic mass is 127. The van der Waals surface area contributed by atoms with Gasteiger partial charge in [-0.2, -0.15) is 18.3 Å². The lowest BCUT2D eigenvalue weighted by atomic mass is 10.1. The normalized spacial score (nSPS) is 17.0. The first-order valence-corrected chi connectivity index (χ1v) is 9.76. The average molecular weight is 529 g/mol. The second-order valence-corrected chi connectivity index (χ2v) is 7.12. The molecule has 28 heavy (non-hydrogen) atoms. The molecule has 0 spiro atoms. The fourth-order valence-electron chi connectivity index (χ4n) is 2.80. The van der Waals surface area contributed by atoms with Crippen molar-refractivity contribution >= 4 is 41.3 Å². The van der Waals surface area contributed by atoms with Crippen LogP contribution in [0.25, 0.3) is 0 Å². The summed E-state index contributed by atoms with van der Waals surface area (Å²) >= 11 is 0.962. The Morgan fingerprint density at radius 3 is 2.79 bits per heavy atom. The van der Waals surface area contributed by atoms with Crippen LogP contribution in [0.5, 0.6) is 0 Å². The number of aromatic nitrogens is 4. The first-order valence-electron chi connectivity index (χ1n) is 8.88. The highest BCUT2D eigenvalue weighted by molar-refractivity contribution is 14.0. The molecule has 2 aromatic rings. The SMILES string of the molecule is CCNC(=NCc1nc(C(F)(F)F)cs1)NC1CCc2nc(CC)nn2C1.I. The van der Waals surface area contributed by atoms with Crippen LogP contribution in [0.2, 0.25) is 0 Å². The van der Waals surface area contributed by atoms with Crippen molar-refractivity contribution in [3.8, 4) is 0 Å². The monoisotopic (exact) mass is 529 g/mol. The van der Waals surface area contributed by atoms with Gasteiger partial charge in [-0.1, -0.05) is 6.92 Å². The van der Waals surface area contributed by atoms with Crippen molar-refractivity contribution in [3.63, 3.8) is 0 Å². The Kier molecular flexibility index (Phi) is 8.04. The lowest BCUT2D eigenvalue weighted by Crippen LogP contribution is -2.47. The summed E-state index contributed by atoms with van der Waals surface area (Å²) in [5, 5.41) is 12.3. The number of hydrogen-bond donors (Lipinski definition) is 2. The third-order valence-electron chi connectivity index (χ3n) is 4.12. The molecule has 1 aliphatic heterocycles. The van der Waals surface area contributed by atoms with Gasteiger partial charge in [-0.05, 0) is 13.3 Å². The number of thiazole rings is 1. The Hall–Kier alpha value is -1.44. The number of nitrogens with zero attached hydrogens (tertiary/aromatic N) is 5. The Labute approximate surface area is 182 Å². The third-order valence-corrected chi connectivity index (χ3v) is 4.95. The van der Waals surface area contributed by atoms with E-state index in [1.54, 1.807) is 0 Å². The van der Waals surface area contributed by atoms with E-state index in [-0.39, 0.29) is 36.6 Å². The smallest absolute Gasteiger partial charge is 0.357 e. The first kappa shape index (κ1) is 22.8. The maximum atomic E-state index is 12.6. The van der Waals surface area contributed by atoms with Crippen molar-refractivity contribution in [2.75, 3.05) is 6.54 Å². The Balaban J connectivity index is 0.00000280. The summed E-state index contributed by atoms with van der Waals surface area (Å²) in [5.41, 5.74) is -0.867. The van der Waals surface area contributed by atoms with Gasteiger partial charge in [0.05, 0.1) is 13.1 Å². The molecule has 0 radical (unpaired) electrons. The largest absolute Gasteiger partial charge is 0.434 e. The predicted octanol–water partition coefficient (Wildman–Crippen LogP) is 3.00. The number of aryl methyl sites for hydroxylation is 2. The van der Waals surface area contributed by atoms with Gasteiger partial charge in [-0.25, -0.2) is 19.6 Å². The molecular formula is C16H23F3IN7S. The second kappa shape index (κ2) is 9.85. The number of fused-ring (bicyclic) bond motifs is 1. The van der Waals surface area contributed by atoms with Crippen molar-refractivity contribution in [1.29, 1.82) is 0 Å². The number of nitrogens with one attached hydrogen (secondary N) is 2. The molecule has 3 rings (SSSR count). The molecule has 156 valence electrons. The number of aliphatic imine (C=N–C) groups is 1. The fourth-order valence-corrected chi connectivity index (χ4v) is 3.53. The molecule has 0 amide bonds. The molecule has 0 bridgehead atoms. The van der Waals surface area contributed by atoms with Gasteiger partial charge in [0.15, 0.2) is 17.5 Å². The van der Waals surface area contributed by atoms with Crippen molar-refractivity contribution in [3.05, 3.63) is 27.7 Å². The van der Waals surface area contributed by atoms with Gasteiger partial charge in [-0.3, -0.25) is 0 Å². The molecule has 1 unspecified atom stereocenters. The molecule has 2 N–H and O–H groups in total. The maximum absolute atomic E-state index is 12.6. The summed E-state index contributed by atoms with van der Waals surface area (Å²) < 4.78 is 39.9. The minimum atomic E-state index is -4.42. The zero-order chi connectivity index (χ0) is 19.4. The van der Waals surface area contributed by atoms with Crippen LogP contribution in [-0.4, -0.2) is 38.3 Å². The fraction of sp³-hybridized carbons (Fsp3) is 0.625. The van der Waals surface area contributed by atoms with Crippen LogP contribution < -0.4 is 10.6 Å². The predicted molar refractivity (Wildman–Crippen MR) is 112 cm³/mol. The molecule has 0 saturated heterocycles. The van der Waals surface area contributed by atoms with Crippen LogP contribution in [0.15, 0.2) is 10.4 Å². The second-order valence-electron chi connectivity index (χ2n) is 6.18. The van der Waals surface area contributed by atoms with Gasteiger partial charge in [0, 0.05) is 30.8 Å². The van der Waals surface area contributed by atoms with E-state index in [4.69, 9.17) is 0 Å². The lowest BCUT2D eigenvalue weighted by Gasteiger charge is -2.25. The van der Waals surface area contributed by atoms with Crippen LogP contribution in [0.4, 0.5) is 13.2 Å². The molecule has 0 saturated carbocycles. The molecular weight excluding hydrogens is 506 g/mol. The Morgan fingerprint density at radius 1 is 1.36 bits per heavy atom.